The van der Waals surface area contributed by atoms with Gasteiger partial charge in [0.2, 0.25) is 0 Å². The molecule has 0 radical (unpaired) electrons. The summed E-state index contributed by atoms with van der Waals surface area (Å²) in [4.78, 5) is 2.38. The van der Waals surface area contributed by atoms with Gasteiger partial charge in [0.1, 0.15) is 5.76 Å². The second-order valence-electron chi connectivity index (χ2n) is 3.21. The van der Waals surface area contributed by atoms with Crippen molar-refractivity contribution in [3.8, 4) is 0 Å². The lowest BCUT2D eigenvalue weighted by Crippen LogP contribution is -2.25. The molecule has 13 heavy (non-hydrogen) atoms. The third-order valence-electron chi connectivity index (χ3n) is 2.26. The van der Waals surface area contributed by atoms with Crippen molar-refractivity contribution < 1.29 is 4.52 Å². The standard InChI is InChI=1S/C10H18N2O/c1-4-12(5-2)7-6-10-8-9(3)13-11-10/h8H,4-7H2,1-3H3. The normalized spacial score (nSPS) is 11.1. The van der Waals surface area contributed by atoms with E-state index in [9.17, 15) is 0 Å². The summed E-state index contributed by atoms with van der Waals surface area (Å²) in [5.41, 5.74) is 1.06. The summed E-state index contributed by atoms with van der Waals surface area (Å²) in [6.45, 7) is 9.56. The quantitative estimate of drug-likeness (QED) is 0.696. The average Bonchev–Trinajstić information content (AvgIpc) is 2.53. The molecule has 1 aromatic heterocycles. The Balaban J connectivity index is 2.33. The molecular weight excluding hydrogens is 164 g/mol. The Morgan fingerprint density at radius 3 is 2.54 bits per heavy atom. The smallest absolute Gasteiger partial charge is 0.133 e. The van der Waals surface area contributed by atoms with Crippen molar-refractivity contribution >= 4 is 0 Å². The summed E-state index contributed by atoms with van der Waals surface area (Å²) in [6.07, 6.45) is 0.985. The number of hydrogen-bond acceptors (Lipinski definition) is 3. The van der Waals surface area contributed by atoms with Crippen LogP contribution in [-0.4, -0.2) is 29.7 Å². The Morgan fingerprint density at radius 2 is 2.08 bits per heavy atom. The van der Waals surface area contributed by atoms with Gasteiger partial charge in [0.25, 0.3) is 0 Å². The minimum atomic E-state index is 0.898. The van der Waals surface area contributed by atoms with Crippen molar-refractivity contribution in [1.82, 2.24) is 10.1 Å². The van der Waals surface area contributed by atoms with Crippen molar-refractivity contribution in [2.45, 2.75) is 27.2 Å². The lowest BCUT2D eigenvalue weighted by Gasteiger charge is -2.16. The fraction of sp³-hybridized carbons (Fsp3) is 0.700. The van der Waals surface area contributed by atoms with Crippen molar-refractivity contribution in [3.63, 3.8) is 0 Å². The highest BCUT2D eigenvalue weighted by molar-refractivity contribution is 5.03. The van der Waals surface area contributed by atoms with Crippen molar-refractivity contribution in [2.75, 3.05) is 19.6 Å². The molecule has 1 rings (SSSR count). The lowest BCUT2D eigenvalue weighted by atomic mass is 10.3. The number of aromatic nitrogens is 1. The largest absolute Gasteiger partial charge is 0.361 e. The van der Waals surface area contributed by atoms with E-state index >= 15 is 0 Å². The van der Waals surface area contributed by atoms with Gasteiger partial charge in [-0.15, -0.1) is 0 Å². The lowest BCUT2D eigenvalue weighted by molar-refractivity contribution is 0.303. The van der Waals surface area contributed by atoms with Crippen LogP contribution >= 0.6 is 0 Å². The minimum absolute atomic E-state index is 0.898. The van der Waals surface area contributed by atoms with Gasteiger partial charge in [0.15, 0.2) is 0 Å². The fourth-order valence-electron chi connectivity index (χ4n) is 1.35. The van der Waals surface area contributed by atoms with Gasteiger partial charge < -0.3 is 9.42 Å². The second-order valence-corrected chi connectivity index (χ2v) is 3.21. The maximum absolute atomic E-state index is 5.00. The van der Waals surface area contributed by atoms with Gasteiger partial charge in [-0.25, -0.2) is 0 Å². The van der Waals surface area contributed by atoms with Crippen LogP contribution in [0.1, 0.15) is 25.3 Å². The van der Waals surface area contributed by atoms with E-state index < -0.39 is 0 Å². The zero-order valence-corrected chi connectivity index (χ0v) is 8.71. The Morgan fingerprint density at radius 1 is 1.38 bits per heavy atom. The van der Waals surface area contributed by atoms with Gasteiger partial charge in [0, 0.05) is 19.0 Å². The summed E-state index contributed by atoms with van der Waals surface area (Å²) >= 11 is 0. The van der Waals surface area contributed by atoms with Gasteiger partial charge in [0.05, 0.1) is 5.69 Å². The molecule has 0 spiro atoms. The van der Waals surface area contributed by atoms with Crippen molar-refractivity contribution in [1.29, 1.82) is 0 Å². The van der Waals surface area contributed by atoms with Gasteiger partial charge in [-0.3, -0.25) is 0 Å². The number of rotatable bonds is 5. The zero-order valence-electron chi connectivity index (χ0n) is 8.71. The van der Waals surface area contributed by atoms with Crippen LogP contribution in [0.15, 0.2) is 10.6 Å². The van der Waals surface area contributed by atoms with E-state index in [0.717, 1.165) is 37.5 Å². The first-order valence-electron chi connectivity index (χ1n) is 4.90. The highest BCUT2D eigenvalue weighted by Crippen LogP contribution is 2.03. The molecule has 0 atom stereocenters. The van der Waals surface area contributed by atoms with Crippen LogP contribution in [0.5, 0.6) is 0 Å². The molecule has 0 fully saturated rings. The van der Waals surface area contributed by atoms with Crippen LogP contribution in [0.25, 0.3) is 0 Å². The van der Waals surface area contributed by atoms with Crippen LogP contribution in [-0.2, 0) is 6.42 Å². The molecule has 0 unspecified atom stereocenters. The summed E-state index contributed by atoms with van der Waals surface area (Å²) in [5, 5.41) is 3.95. The van der Waals surface area contributed by atoms with E-state index in [-0.39, 0.29) is 0 Å². The van der Waals surface area contributed by atoms with E-state index in [2.05, 4.69) is 23.9 Å². The molecule has 0 aliphatic rings. The van der Waals surface area contributed by atoms with Crippen LogP contribution in [0.2, 0.25) is 0 Å². The van der Waals surface area contributed by atoms with Gasteiger partial charge in [-0.2, -0.15) is 0 Å². The van der Waals surface area contributed by atoms with Gasteiger partial charge in [-0.1, -0.05) is 19.0 Å². The average molecular weight is 182 g/mol. The SMILES string of the molecule is CCN(CC)CCc1cc(C)on1. The van der Waals surface area contributed by atoms with E-state index in [0.29, 0.717) is 0 Å². The number of likely N-dealkylation sites (N-methyl/N-ethyl adjacent to an activating group) is 1. The summed E-state index contributed by atoms with van der Waals surface area (Å²) in [6, 6.07) is 2.00. The highest BCUT2D eigenvalue weighted by atomic mass is 16.5. The maximum Gasteiger partial charge on any atom is 0.133 e. The first-order valence-corrected chi connectivity index (χ1v) is 4.90. The van der Waals surface area contributed by atoms with E-state index in [1.807, 2.05) is 13.0 Å². The molecular formula is C10H18N2O. The molecule has 0 aromatic carbocycles. The first kappa shape index (κ1) is 10.3. The number of nitrogens with zero attached hydrogens (tertiary/aromatic N) is 2. The predicted octanol–water partition coefficient (Wildman–Crippen LogP) is 1.87. The Kier molecular flexibility index (Phi) is 3.96. The monoisotopic (exact) mass is 182 g/mol. The van der Waals surface area contributed by atoms with Gasteiger partial charge >= 0.3 is 0 Å². The van der Waals surface area contributed by atoms with Crippen LogP contribution in [0.4, 0.5) is 0 Å². The highest BCUT2D eigenvalue weighted by Gasteiger charge is 2.03. The van der Waals surface area contributed by atoms with E-state index in [1.165, 1.54) is 0 Å². The van der Waals surface area contributed by atoms with Gasteiger partial charge in [-0.05, 0) is 20.0 Å². The van der Waals surface area contributed by atoms with Crippen LogP contribution in [0, 0.1) is 6.92 Å². The molecule has 0 aliphatic heterocycles. The second kappa shape index (κ2) is 5.02. The molecule has 3 heteroatoms. The minimum Gasteiger partial charge on any atom is -0.361 e. The molecule has 0 bridgehead atoms. The maximum atomic E-state index is 5.00. The summed E-state index contributed by atoms with van der Waals surface area (Å²) < 4.78 is 5.00. The third-order valence-corrected chi connectivity index (χ3v) is 2.26. The third kappa shape index (κ3) is 3.19. The number of hydrogen-bond donors (Lipinski definition) is 0. The molecule has 1 aromatic rings. The van der Waals surface area contributed by atoms with E-state index in [4.69, 9.17) is 4.52 Å². The topological polar surface area (TPSA) is 29.3 Å². The van der Waals surface area contributed by atoms with Crippen LogP contribution in [0.3, 0.4) is 0 Å². The van der Waals surface area contributed by atoms with Crippen molar-refractivity contribution in [2.24, 2.45) is 0 Å². The Labute approximate surface area is 79.7 Å². The Hall–Kier alpha value is -0.830. The molecule has 0 N–H and O–H groups in total. The molecule has 0 saturated carbocycles. The molecule has 0 aliphatic carbocycles. The predicted molar refractivity (Wildman–Crippen MR) is 52.7 cm³/mol. The molecule has 74 valence electrons. The van der Waals surface area contributed by atoms with Crippen LogP contribution < -0.4 is 0 Å². The summed E-state index contributed by atoms with van der Waals surface area (Å²) in [5.74, 6) is 0.898. The first-order chi connectivity index (χ1) is 6.26. The zero-order chi connectivity index (χ0) is 9.68. The van der Waals surface area contributed by atoms with E-state index in [1.54, 1.807) is 0 Å². The molecule has 0 amide bonds. The Bertz CT molecular complexity index is 241. The molecule has 3 nitrogen and oxygen atoms in total. The summed E-state index contributed by atoms with van der Waals surface area (Å²) in [7, 11) is 0. The molecule has 0 saturated heterocycles. The molecule has 1 heterocycles. The number of aryl methyl sites for hydroxylation is 1. The fourth-order valence-corrected chi connectivity index (χ4v) is 1.35. The van der Waals surface area contributed by atoms with Crippen molar-refractivity contribution in [3.05, 3.63) is 17.5 Å².